The Bertz CT molecular complexity index is 1630. The van der Waals surface area contributed by atoms with E-state index in [9.17, 15) is 18.0 Å². The number of nitrogens with zero attached hydrogens (tertiary/aromatic N) is 2. The second kappa shape index (κ2) is 15.9. The molecule has 0 fully saturated rings. The fourth-order valence-corrected chi connectivity index (χ4v) is 6.39. The number of nitrogens with one attached hydrogen (secondary N) is 1. The van der Waals surface area contributed by atoms with E-state index in [-0.39, 0.29) is 35.5 Å². The number of anilines is 1. The first-order valence-electron chi connectivity index (χ1n) is 15.2. The molecule has 0 radical (unpaired) electrons. The molecule has 4 rings (SSSR count). The summed E-state index contributed by atoms with van der Waals surface area (Å²) >= 11 is 0. The van der Waals surface area contributed by atoms with Crippen LogP contribution in [-0.2, 0) is 32.6 Å². The number of benzene rings is 4. The summed E-state index contributed by atoms with van der Waals surface area (Å²) in [7, 11) is -4.22. The quantitative estimate of drug-likeness (QED) is 0.179. The van der Waals surface area contributed by atoms with Crippen LogP contribution in [0.1, 0.15) is 38.3 Å². The molecule has 2 amide bonds. The third-order valence-electron chi connectivity index (χ3n) is 7.51. The van der Waals surface area contributed by atoms with Crippen molar-refractivity contribution in [3.63, 3.8) is 0 Å². The molecule has 1 N–H and O–H groups in total. The van der Waals surface area contributed by atoms with Gasteiger partial charge < -0.3 is 15.0 Å². The van der Waals surface area contributed by atoms with Gasteiger partial charge in [0.2, 0.25) is 11.8 Å². The van der Waals surface area contributed by atoms with Gasteiger partial charge in [0.1, 0.15) is 18.3 Å². The average molecular weight is 628 g/mol. The van der Waals surface area contributed by atoms with Gasteiger partial charge in [0.05, 0.1) is 17.2 Å². The number of ether oxygens (including phenoxy) is 1. The van der Waals surface area contributed by atoms with Crippen molar-refractivity contribution in [2.75, 3.05) is 17.5 Å². The number of rotatable bonds is 15. The van der Waals surface area contributed by atoms with Crippen LogP contribution in [0.4, 0.5) is 5.69 Å². The molecule has 0 saturated carbocycles. The first-order chi connectivity index (χ1) is 21.7. The zero-order valence-corrected chi connectivity index (χ0v) is 26.8. The lowest BCUT2D eigenvalue weighted by Gasteiger charge is -2.34. The first-order valence-corrected chi connectivity index (χ1v) is 16.7. The highest BCUT2D eigenvalue weighted by Crippen LogP contribution is 2.33. The third-order valence-corrected chi connectivity index (χ3v) is 9.29. The highest BCUT2D eigenvalue weighted by Gasteiger charge is 2.35. The van der Waals surface area contributed by atoms with Crippen molar-refractivity contribution < 1.29 is 22.7 Å². The molecule has 4 aromatic carbocycles. The average Bonchev–Trinajstić information content (AvgIpc) is 3.06. The van der Waals surface area contributed by atoms with Crippen molar-refractivity contribution >= 4 is 27.5 Å². The first kappa shape index (κ1) is 33.3. The van der Waals surface area contributed by atoms with Gasteiger partial charge in [-0.25, -0.2) is 8.42 Å². The summed E-state index contributed by atoms with van der Waals surface area (Å²) in [4.78, 5) is 30.0. The number of hydrogen-bond donors (Lipinski definition) is 1. The number of carbonyl (C=O) groups is 2. The fraction of sp³-hybridized carbons (Fsp3) is 0.278. The molecular weight excluding hydrogens is 586 g/mol. The molecule has 45 heavy (non-hydrogen) atoms. The molecule has 8 nitrogen and oxygen atoms in total. The fourth-order valence-electron chi connectivity index (χ4n) is 4.95. The summed E-state index contributed by atoms with van der Waals surface area (Å²) in [6.45, 7) is 5.57. The minimum absolute atomic E-state index is 0.0362. The summed E-state index contributed by atoms with van der Waals surface area (Å²) in [6, 6.07) is 32.6. The van der Waals surface area contributed by atoms with Crippen molar-refractivity contribution in [1.82, 2.24) is 10.2 Å². The number of hydrogen-bond acceptors (Lipinski definition) is 5. The Morgan fingerprint density at radius 1 is 0.778 bits per heavy atom. The zero-order chi connectivity index (χ0) is 32.2. The lowest BCUT2D eigenvalue weighted by atomic mass is 10.0. The molecule has 2 atom stereocenters. The van der Waals surface area contributed by atoms with Crippen molar-refractivity contribution in [2.45, 2.75) is 57.1 Å². The molecule has 0 aromatic heterocycles. The summed E-state index contributed by atoms with van der Waals surface area (Å²) in [5, 5.41) is 3.05. The van der Waals surface area contributed by atoms with Gasteiger partial charge in [-0.05, 0) is 55.7 Å². The SMILES string of the molecule is CCOc1ccccc1N(CC(=O)N(Cc1ccccc1)[C@H](Cc1ccccc1)C(=O)N[C@@H](C)CC)S(=O)(=O)c1ccccc1. The van der Waals surface area contributed by atoms with Gasteiger partial charge in [-0.2, -0.15) is 0 Å². The molecule has 0 unspecified atom stereocenters. The molecule has 0 bridgehead atoms. The van der Waals surface area contributed by atoms with E-state index in [1.54, 1.807) is 42.5 Å². The second-order valence-electron chi connectivity index (χ2n) is 10.8. The smallest absolute Gasteiger partial charge is 0.264 e. The van der Waals surface area contributed by atoms with Crippen molar-refractivity contribution in [2.24, 2.45) is 0 Å². The van der Waals surface area contributed by atoms with Crippen LogP contribution in [0.15, 0.2) is 120 Å². The van der Waals surface area contributed by atoms with Gasteiger partial charge >= 0.3 is 0 Å². The van der Waals surface area contributed by atoms with E-state index >= 15 is 0 Å². The molecule has 4 aromatic rings. The van der Waals surface area contributed by atoms with Crippen LogP contribution < -0.4 is 14.4 Å². The summed E-state index contributed by atoms with van der Waals surface area (Å²) < 4.78 is 35.3. The van der Waals surface area contributed by atoms with Gasteiger partial charge in [-0.3, -0.25) is 13.9 Å². The molecule has 0 aliphatic rings. The monoisotopic (exact) mass is 627 g/mol. The Morgan fingerprint density at radius 3 is 1.93 bits per heavy atom. The van der Waals surface area contributed by atoms with Gasteiger partial charge in [0, 0.05) is 19.0 Å². The van der Waals surface area contributed by atoms with Crippen molar-refractivity contribution in [3.05, 3.63) is 126 Å². The van der Waals surface area contributed by atoms with E-state index in [4.69, 9.17) is 4.74 Å². The Hall–Kier alpha value is -4.63. The summed E-state index contributed by atoms with van der Waals surface area (Å²) in [5.41, 5.74) is 1.93. The maximum Gasteiger partial charge on any atom is 0.264 e. The molecule has 0 heterocycles. The van der Waals surface area contributed by atoms with Gasteiger partial charge in [0.25, 0.3) is 10.0 Å². The van der Waals surface area contributed by atoms with Gasteiger partial charge in [0.15, 0.2) is 0 Å². The van der Waals surface area contributed by atoms with Crippen LogP contribution in [0.3, 0.4) is 0 Å². The van der Waals surface area contributed by atoms with E-state index in [0.717, 1.165) is 15.4 Å². The molecule has 0 spiro atoms. The largest absolute Gasteiger partial charge is 0.492 e. The maximum atomic E-state index is 14.6. The van der Waals surface area contributed by atoms with E-state index in [0.29, 0.717) is 18.8 Å². The van der Waals surface area contributed by atoms with Gasteiger partial charge in [-0.15, -0.1) is 0 Å². The van der Waals surface area contributed by atoms with Crippen molar-refractivity contribution in [1.29, 1.82) is 0 Å². The van der Waals surface area contributed by atoms with Gasteiger partial charge in [-0.1, -0.05) is 97.9 Å². The normalized spacial score (nSPS) is 12.5. The molecule has 0 aliphatic heterocycles. The van der Waals surface area contributed by atoms with Crippen LogP contribution in [0.2, 0.25) is 0 Å². The Morgan fingerprint density at radius 2 is 1.33 bits per heavy atom. The molecule has 236 valence electrons. The number of amides is 2. The van der Waals surface area contributed by atoms with Crippen LogP contribution in [-0.4, -0.2) is 50.4 Å². The highest BCUT2D eigenvalue weighted by molar-refractivity contribution is 7.92. The number of para-hydroxylation sites is 2. The molecular formula is C36H41N3O5S. The zero-order valence-electron chi connectivity index (χ0n) is 26.0. The third kappa shape index (κ3) is 8.73. The number of sulfonamides is 1. The lowest BCUT2D eigenvalue weighted by Crippen LogP contribution is -2.54. The predicted octanol–water partition coefficient (Wildman–Crippen LogP) is 5.84. The second-order valence-corrected chi connectivity index (χ2v) is 12.6. The van der Waals surface area contributed by atoms with Crippen LogP contribution in [0.5, 0.6) is 5.75 Å². The van der Waals surface area contributed by atoms with E-state index in [1.807, 2.05) is 81.4 Å². The minimum Gasteiger partial charge on any atom is -0.492 e. The lowest BCUT2D eigenvalue weighted by molar-refractivity contribution is -0.140. The van der Waals surface area contributed by atoms with Crippen LogP contribution in [0.25, 0.3) is 0 Å². The Labute approximate surface area is 266 Å². The minimum atomic E-state index is -4.22. The van der Waals surface area contributed by atoms with E-state index in [2.05, 4.69) is 5.32 Å². The molecule has 0 saturated heterocycles. The summed E-state index contributed by atoms with van der Waals surface area (Å²) in [6.07, 6.45) is 0.969. The van der Waals surface area contributed by atoms with E-state index in [1.165, 1.54) is 17.0 Å². The molecule has 9 heteroatoms. The maximum absolute atomic E-state index is 14.6. The van der Waals surface area contributed by atoms with Crippen molar-refractivity contribution in [3.8, 4) is 5.75 Å². The number of carbonyl (C=O) groups excluding carboxylic acids is 2. The van der Waals surface area contributed by atoms with Crippen LogP contribution >= 0.6 is 0 Å². The Balaban J connectivity index is 1.82. The molecule has 0 aliphatic carbocycles. The summed E-state index contributed by atoms with van der Waals surface area (Å²) in [5.74, 6) is -0.494. The highest BCUT2D eigenvalue weighted by atomic mass is 32.2. The predicted molar refractivity (Wildman–Crippen MR) is 177 cm³/mol. The standard InChI is InChI=1S/C36H41N3O5S/c1-4-28(3)37-36(41)33(25-29-17-9-6-10-18-29)38(26-30-19-11-7-12-20-30)35(40)27-39(32-23-15-16-24-34(32)44-5-2)45(42,43)31-21-13-8-14-22-31/h6-24,28,33H,4-5,25-27H2,1-3H3,(H,37,41)/t28-,33+/m0/s1. The Kier molecular flexibility index (Phi) is 11.8. The van der Waals surface area contributed by atoms with E-state index < -0.39 is 28.5 Å². The topological polar surface area (TPSA) is 96.0 Å². The van der Waals surface area contributed by atoms with Crippen LogP contribution in [0, 0.1) is 0 Å².